The van der Waals surface area contributed by atoms with E-state index in [1.165, 1.54) is 7.11 Å². The van der Waals surface area contributed by atoms with Crippen LogP contribution >= 0.6 is 0 Å². The summed E-state index contributed by atoms with van der Waals surface area (Å²) in [6, 6.07) is 7.00. The molecule has 152 valence electrons. The summed E-state index contributed by atoms with van der Waals surface area (Å²) in [5.41, 5.74) is 3.51. The topological polar surface area (TPSA) is 95.3 Å². The number of hydrogen-bond acceptors (Lipinski definition) is 6. The Bertz CT molecular complexity index is 1060. The molecule has 29 heavy (non-hydrogen) atoms. The van der Waals surface area contributed by atoms with Crippen LogP contribution in [0.25, 0.3) is 22.0 Å². The maximum atomic E-state index is 12.7. The number of nitrogens with zero attached hydrogens (tertiary/aromatic N) is 3. The van der Waals surface area contributed by atoms with Gasteiger partial charge in [-0.2, -0.15) is 5.10 Å². The summed E-state index contributed by atoms with van der Waals surface area (Å²) in [6.45, 7) is 5.20. The third-order valence-corrected chi connectivity index (χ3v) is 4.74. The van der Waals surface area contributed by atoms with Crippen LogP contribution in [0.4, 0.5) is 0 Å². The summed E-state index contributed by atoms with van der Waals surface area (Å²) in [6.07, 6.45) is 1.74. The number of para-hydroxylation sites is 1. The molecule has 1 N–H and O–H groups in total. The first-order chi connectivity index (χ1) is 14.0. The zero-order chi connectivity index (χ0) is 21.0. The maximum Gasteiger partial charge on any atom is 0.340 e. The number of methoxy groups -OCH3 is 1. The lowest BCUT2D eigenvalue weighted by molar-refractivity contribution is 0.0602. The number of ether oxygens (including phenoxy) is 2. The van der Waals surface area contributed by atoms with Crippen molar-refractivity contribution in [2.24, 2.45) is 7.05 Å². The van der Waals surface area contributed by atoms with Gasteiger partial charge in [0.2, 0.25) is 0 Å². The van der Waals surface area contributed by atoms with Crippen molar-refractivity contribution in [3.05, 3.63) is 47.4 Å². The Labute approximate surface area is 168 Å². The predicted octanol–water partition coefficient (Wildman–Crippen LogP) is 2.50. The van der Waals surface area contributed by atoms with Crippen LogP contribution in [0.2, 0.25) is 0 Å². The molecule has 3 aromatic rings. The third kappa shape index (κ3) is 4.12. The molecule has 2 heterocycles. The Hall–Kier alpha value is -3.26. The highest BCUT2D eigenvalue weighted by molar-refractivity contribution is 6.09. The molecular weight excluding hydrogens is 372 g/mol. The molecule has 1 amide bonds. The first-order valence-electron chi connectivity index (χ1n) is 9.34. The fraction of sp³-hybridized carbons (Fsp3) is 0.333. The second kappa shape index (κ2) is 8.83. The van der Waals surface area contributed by atoms with Crippen LogP contribution in [0.3, 0.4) is 0 Å². The Morgan fingerprint density at radius 2 is 2.03 bits per heavy atom. The van der Waals surface area contributed by atoms with Crippen LogP contribution in [0.5, 0.6) is 0 Å². The zero-order valence-electron chi connectivity index (χ0n) is 17.0. The normalized spacial score (nSPS) is 10.9. The van der Waals surface area contributed by atoms with E-state index in [9.17, 15) is 9.59 Å². The summed E-state index contributed by atoms with van der Waals surface area (Å²) in [5, 5.41) is 7.85. The standard InChI is InChI=1S/C21H24N4O4/c1-5-29-10-9-22-20(26)18-11-16(17-12-23-25(3)13(17)2)14-7-6-8-15(19(14)24-18)21(27)28-4/h6-8,11-12H,5,9-10H2,1-4H3,(H,22,26). The van der Waals surface area contributed by atoms with E-state index in [0.29, 0.717) is 30.8 Å². The molecule has 8 heteroatoms. The predicted molar refractivity (Wildman–Crippen MR) is 109 cm³/mol. The van der Waals surface area contributed by atoms with E-state index < -0.39 is 5.97 Å². The van der Waals surface area contributed by atoms with Crippen LogP contribution < -0.4 is 5.32 Å². The van der Waals surface area contributed by atoms with Crippen LogP contribution in [-0.2, 0) is 16.5 Å². The average molecular weight is 396 g/mol. The van der Waals surface area contributed by atoms with Gasteiger partial charge in [0.05, 0.1) is 31.0 Å². The molecule has 0 radical (unpaired) electrons. The van der Waals surface area contributed by atoms with Gasteiger partial charge in [-0.15, -0.1) is 0 Å². The van der Waals surface area contributed by atoms with Crippen molar-refractivity contribution in [1.29, 1.82) is 0 Å². The van der Waals surface area contributed by atoms with E-state index in [1.807, 2.05) is 27.0 Å². The molecule has 0 bridgehead atoms. The number of benzene rings is 1. The van der Waals surface area contributed by atoms with Gasteiger partial charge in [-0.25, -0.2) is 9.78 Å². The van der Waals surface area contributed by atoms with Gasteiger partial charge in [-0.05, 0) is 31.5 Å². The summed E-state index contributed by atoms with van der Waals surface area (Å²) < 4.78 is 11.9. The molecule has 0 aliphatic rings. The Kier molecular flexibility index (Phi) is 6.23. The minimum Gasteiger partial charge on any atom is -0.465 e. The number of aryl methyl sites for hydroxylation is 1. The molecule has 0 atom stereocenters. The summed E-state index contributed by atoms with van der Waals surface area (Å²) in [5.74, 6) is -0.847. The van der Waals surface area contributed by atoms with Crippen molar-refractivity contribution in [1.82, 2.24) is 20.1 Å². The number of amides is 1. The number of nitrogens with one attached hydrogen (secondary N) is 1. The number of carbonyl (C=O) groups excluding carboxylic acids is 2. The molecule has 0 aliphatic carbocycles. The highest BCUT2D eigenvalue weighted by Crippen LogP contribution is 2.32. The lowest BCUT2D eigenvalue weighted by Gasteiger charge is -2.12. The Morgan fingerprint density at radius 1 is 1.24 bits per heavy atom. The van der Waals surface area contributed by atoms with E-state index >= 15 is 0 Å². The van der Waals surface area contributed by atoms with Crippen LogP contribution in [0.15, 0.2) is 30.5 Å². The van der Waals surface area contributed by atoms with E-state index in [4.69, 9.17) is 9.47 Å². The van der Waals surface area contributed by atoms with E-state index in [0.717, 1.165) is 22.2 Å². The van der Waals surface area contributed by atoms with Gasteiger partial charge in [-0.3, -0.25) is 9.48 Å². The Morgan fingerprint density at radius 3 is 2.69 bits per heavy atom. The van der Waals surface area contributed by atoms with Crippen molar-refractivity contribution in [3.8, 4) is 11.1 Å². The molecule has 0 spiro atoms. The number of esters is 1. The molecule has 3 rings (SSSR count). The van der Waals surface area contributed by atoms with Crippen molar-refractivity contribution in [2.45, 2.75) is 13.8 Å². The quantitative estimate of drug-likeness (QED) is 0.487. The highest BCUT2D eigenvalue weighted by atomic mass is 16.5. The van der Waals surface area contributed by atoms with Gasteiger partial charge in [-0.1, -0.05) is 12.1 Å². The van der Waals surface area contributed by atoms with Crippen LogP contribution in [-0.4, -0.2) is 53.5 Å². The minimum atomic E-state index is -0.508. The second-order valence-electron chi connectivity index (χ2n) is 6.47. The van der Waals surface area contributed by atoms with Gasteiger partial charge in [0.25, 0.3) is 5.91 Å². The molecule has 0 fully saturated rings. The molecule has 0 unspecified atom stereocenters. The molecule has 0 aliphatic heterocycles. The first-order valence-corrected chi connectivity index (χ1v) is 9.34. The van der Waals surface area contributed by atoms with Crippen LogP contribution in [0, 0.1) is 6.92 Å². The zero-order valence-corrected chi connectivity index (χ0v) is 17.0. The van der Waals surface area contributed by atoms with E-state index in [1.54, 1.807) is 29.1 Å². The molecular formula is C21H24N4O4. The first kappa shape index (κ1) is 20.5. The van der Waals surface area contributed by atoms with Gasteiger partial charge in [0.15, 0.2) is 0 Å². The minimum absolute atomic E-state index is 0.212. The number of pyridine rings is 1. The van der Waals surface area contributed by atoms with Gasteiger partial charge < -0.3 is 14.8 Å². The number of rotatable bonds is 7. The molecule has 8 nitrogen and oxygen atoms in total. The second-order valence-corrected chi connectivity index (χ2v) is 6.47. The molecule has 2 aromatic heterocycles. The SMILES string of the molecule is CCOCCNC(=O)c1cc(-c2cnn(C)c2C)c2cccc(C(=O)OC)c2n1. The monoisotopic (exact) mass is 396 g/mol. The van der Waals surface area contributed by atoms with Crippen molar-refractivity contribution < 1.29 is 19.1 Å². The van der Waals surface area contributed by atoms with E-state index in [2.05, 4.69) is 15.4 Å². The number of carbonyl (C=O) groups is 2. The highest BCUT2D eigenvalue weighted by Gasteiger charge is 2.20. The summed E-state index contributed by atoms with van der Waals surface area (Å²) in [4.78, 5) is 29.5. The largest absolute Gasteiger partial charge is 0.465 e. The van der Waals surface area contributed by atoms with Gasteiger partial charge in [0.1, 0.15) is 5.69 Å². The lowest BCUT2D eigenvalue weighted by atomic mass is 9.98. The fourth-order valence-electron chi connectivity index (χ4n) is 3.10. The summed E-state index contributed by atoms with van der Waals surface area (Å²) in [7, 11) is 3.17. The Balaban J connectivity index is 2.16. The molecule has 1 aromatic carbocycles. The van der Waals surface area contributed by atoms with Crippen molar-refractivity contribution in [3.63, 3.8) is 0 Å². The lowest BCUT2D eigenvalue weighted by Crippen LogP contribution is -2.28. The third-order valence-electron chi connectivity index (χ3n) is 4.74. The fourth-order valence-corrected chi connectivity index (χ4v) is 3.10. The van der Waals surface area contributed by atoms with Crippen molar-refractivity contribution >= 4 is 22.8 Å². The number of fused-ring (bicyclic) bond motifs is 1. The smallest absolute Gasteiger partial charge is 0.340 e. The van der Waals surface area contributed by atoms with E-state index in [-0.39, 0.29) is 11.6 Å². The van der Waals surface area contributed by atoms with Crippen LogP contribution in [0.1, 0.15) is 33.5 Å². The average Bonchev–Trinajstić information content (AvgIpc) is 3.07. The molecule has 0 saturated carbocycles. The van der Waals surface area contributed by atoms with Crippen molar-refractivity contribution in [2.75, 3.05) is 26.9 Å². The molecule has 0 saturated heterocycles. The summed E-state index contributed by atoms with van der Waals surface area (Å²) >= 11 is 0. The number of hydrogen-bond donors (Lipinski definition) is 1. The van der Waals surface area contributed by atoms with Gasteiger partial charge in [0, 0.05) is 36.8 Å². The number of aromatic nitrogens is 3. The van der Waals surface area contributed by atoms with Gasteiger partial charge >= 0.3 is 5.97 Å². The maximum absolute atomic E-state index is 12.7.